The van der Waals surface area contributed by atoms with Crippen molar-refractivity contribution in [2.24, 2.45) is 5.73 Å². The molecule has 0 aromatic heterocycles. The molecule has 2 nitrogen and oxygen atoms in total. The molecule has 1 unspecified atom stereocenters. The number of nitrogens with two attached hydrogens (primary N) is 1. The minimum Gasteiger partial charge on any atom is -0.369 e. The summed E-state index contributed by atoms with van der Waals surface area (Å²) in [5.74, 6) is 0. The standard InChI is InChI=1S/C13H20N2/c1-10-8-12(9-14)5-6-13(10)15-7-3-4-11(15)2/h5-6,8,11H,3-4,7,9,14H2,1-2H3. The van der Waals surface area contributed by atoms with Gasteiger partial charge in [-0.25, -0.2) is 0 Å². The summed E-state index contributed by atoms with van der Waals surface area (Å²) in [5, 5.41) is 0. The highest BCUT2D eigenvalue weighted by Crippen LogP contribution is 2.28. The molecule has 15 heavy (non-hydrogen) atoms. The van der Waals surface area contributed by atoms with Gasteiger partial charge in [0.25, 0.3) is 0 Å². The lowest BCUT2D eigenvalue weighted by Gasteiger charge is -2.26. The second kappa shape index (κ2) is 4.23. The first-order valence-corrected chi connectivity index (χ1v) is 5.78. The van der Waals surface area contributed by atoms with E-state index in [1.807, 2.05) is 0 Å². The quantitative estimate of drug-likeness (QED) is 0.801. The van der Waals surface area contributed by atoms with Crippen molar-refractivity contribution in [2.45, 2.75) is 39.3 Å². The number of benzene rings is 1. The molecule has 1 fully saturated rings. The van der Waals surface area contributed by atoms with Gasteiger partial charge in [0.1, 0.15) is 0 Å². The SMILES string of the molecule is Cc1cc(CN)ccc1N1CCCC1C. The lowest BCUT2D eigenvalue weighted by Crippen LogP contribution is -2.26. The Bertz CT molecular complexity index is 346. The van der Waals surface area contributed by atoms with Gasteiger partial charge in [0.15, 0.2) is 0 Å². The molecule has 1 aliphatic heterocycles. The molecule has 1 saturated heterocycles. The number of rotatable bonds is 2. The fraction of sp³-hybridized carbons (Fsp3) is 0.538. The second-order valence-electron chi connectivity index (χ2n) is 4.51. The smallest absolute Gasteiger partial charge is 0.0398 e. The minimum absolute atomic E-state index is 0.636. The highest BCUT2D eigenvalue weighted by Gasteiger charge is 2.21. The maximum Gasteiger partial charge on any atom is 0.0398 e. The fourth-order valence-corrected chi connectivity index (χ4v) is 2.46. The molecule has 1 aliphatic rings. The molecule has 0 amide bonds. The van der Waals surface area contributed by atoms with Gasteiger partial charge in [0, 0.05) is 24.8 Å². The first-order valence-electron chi connectivity index (χ1n) is 5.78. The van der Waals surface area contributed by atoms with Gasteiger partial charge in [0.2, 0.25) is 0 Å². The van der Waals surface area contributed by atoms with Gasteiger partial charge in [-0.15, -0.1) is 0 Å². The van der Waals surface area contributed by atoms with Crippen molar-refractivity contribution in [3.05, 3.63) is 29.3 Å². The van der Waals surface area contributed by atoms with Crippen LogP contribution in [0, 0.1) is 6.92 Å². The van der Waals surface area contributed by atoms with Crippen molar-refractivity contribution in [1.82, 2.24) is 0 Å². The molecular weight excluding hydrogens is 184 g/mol. The van der Waals surface area contributed by atoms with Crippen molar-refractivity contribution in [3.8, 4) is 0 Å². The van der Waals surface area contributed by atoms with E-state index < -0.39 is 0 Å². The van der Waals surface area contributed by atoms with Crippen LogP contribution in [0.1, 0.15) is 30.9 Å². The van der Waals surface area contributed by atoms with Crippen molar-refractivity contribution in [1.29, 1.82) is 0 Å². The van der Waals surface area contributed by atoms with Crippen LogP contribution in [0.5, 0.6) is 0 Å². The van der Waals surface area contributed by atoms with Gasteiger partial charge in [-0.05, 0) is 43.9 Å². The number of aryl methyl sites for hydroxylation is 1. The molecule has 2 heteroatoms. The van der Waals surface area contributed by atoms with E-state index in [0.29, 0.717) is 12.6 Å². The van der Waals surface area contributed by atoms with Gasteiger partial charge in [-0.2, -0.15) is 0 Å². The van der Waals surface area contributed by atoms with Crippen LogP contribution in [0.4, 0.5) is 5.69 Å². The van der Waals surface area contributed by atoms with Crippen molar-refractivity contribution >= 4 is 5.69 Å². The van der Waals surface area contributed by atoms with E-state index in [0.717, 1.165) is 0 Å². The van der Waals surface area contributed by atoms with Crippen LogP contribution in [0.2, 0.25) is 0 Å². The largest absolute Gasteiger partial charge is 0.369 e. The highest BCUT2D eigenvalue weighted by molar-refractivity contribution is 5.55. The summed E-state index contributed by atoms with van der Waals surface area (Å²) in [7, 11) is 0. The normalized spacial score (nSPS) is 21.0. The predicted molar refractivity (Wildman–Crippen MR) is 65.1 cm³/mol. The number of nitrogens with zero attached hydrogens (tertiary/aromatic N) is 1. The number of hydrogen-bond donors (Lipinski definition) is 1. The van der Waals surface area contributed by atoms with Crippen molar-refractivity contribution in [2.75, 3.05) is 11.4 Å². The number of hydrogen-bond acceptors (Lipinski definition) is 2. The molecule has 0 bridgehead atoms. The second-order valence-corrected chi connectivity index (χ2v) is 4.51. The molecule has 1 atom stereocenters. The Morgan fingerprint density at radius 1 is 1.47 bits per heavy atom. The summed E-state index contributed by atoms with van der Waals surface area (Å²) >= 11 is 0. The Morgan fingerprint density at radius 2 is 2.27 bits per heavy atom. The van der Waals surface area contributed by atoms with Gasteiger partial charge in [-0.3, -0.25) is 0 Å². The van der Waals surface area contributed by atoms with Crippen LogP contribution < -0.4 is 10.6 Å². The fourth-order valence-electron chi connectivity index (χ4n) is 2.46. The van der Waals surface area contributed by atoms with E-state index in [1.54, 1.807) is 0 Å². The molecule has 0 aliphatic carbocycles. The van der Waals surface area contributed by atoms with Crippen LogP contribution in [0.15, 0.2) is 18.2 Å². The highest BCUT2D eigenvalue weighted by atomic mass is 15.2. The average molecular weight is 204 g/mol. The third-order valence-electron chi connectivity index (χ3n) is 3.36. The van der Waals surface area contributed by atoms with Crippen LogP contribution in [0.3, 0.4) is 0 Å². The zero-order valence-electron chi connectivity index (χ0n) is 9.66. The molecule has 0 saturated carbocycles. The van der Waals surface area contributed by atoms with E-state index in [9.17, 15) is 0 Å². The Balaban J connectivity index is 2.28. The molecule has 2 N–H and O–H groups in total. The Hall–Kier alpha value is -1.02. The zero-order valence-corrected chi connectivity index (χ0v) is 9.66. The number of anilines is 1. The van der Waals surface area contributed by atoms with E-state index in [-0.39, 0.29) is 0 Å². The van der Waals surface area contributed by atoms with Crippen LogP contribution >= 0.6 is 0 Å². The summed E-state index contributed by atoms with van der Waals surface area (Å²) in [5.41, 5.74) is 9.60. The molecule has 0 radical (unpaired) electrons. The third-order valence-corrected chi connectivity index (χ3v) is 3.36. The summed E-state index contributed by atoms with van der Waals surface area (Å²) in [6.45, 7) is 6.32. The topological polar surface area (TPSA) is 29.3 Å². The summed E-state index contributed by atoms with van der Waals surface area (Å²) < 4.78 is 0. The van der Waals surface area contributed by atoms with Crippen LogP contribution in [0.25, 0.3) is 0 Å². The van der Waals surface area contributed by atoms with E-state index in [4.69, 9.17) is 5.73 Å². The van der Waals surface area contributed by atoms with Crippen LogP contribution in [-0.2, 0) is 6.54 Å². The van der Waals surface area contributed by atoms with Crippen LogP contribution in [-0.4, -0.2) is 12.6 Å². The lowest BCUT2D eigenvalue weighted by molar-refractivity contribution is 0.733. The molecule has 1 aromatic rings. The van der Waals surface area contributed by atoms with E-state index in [2.05, 4.69) is 36.9 Å². The van der Waals surface area contributed by atoms with E-state index in [1.165, 1.54) is 36.2 Å². The van der Waals surface area contributed by atoms with E-state index >= 15 is 0 Å². The Morgan fingerprint density at radius 3 is 2.80 bits per heavy atom. The maximum atomic E-state index is 5.64. The predicted octanol–water partition coefficient (Wildman–Crippen LogP) is 2.44. The maximum absolute atomic E-state index is 5.64. The zero-order chi connectivity index (χ0) is 10.8. The molecule has 82 valence electrons. The summed E-state index contributed by atoms with van der Waals surface area (Å²) in [6.07, 6.45) is 2.64. The third kappa shape index (κ3) is 2.00. The molecule has 2 rings (SSSR count). The minimum atomic E-state index is 0.636. The monoisotopic (exact) mass is 204 g/mol. The van der Waals surface area contributed by atoms with Gasteiger partial charge in [-0.1, -0.05) is 12.1 Å². The first kappa shape index (κ1) is 10.5. The van der Waals surface area contributed by atoms with Gasteiger partial charge in [0.05, 0.1) is 0 Å². The average Bonchev–Trinajstić information content (AvgIpc) is 2.64. The molecule has 1 aromatic carbocycles. The van der Waals surface area contributed by atoms with Gasteiger partial charge < -0.3 is 10.6 Å². The van der Waals surface area contributed by atoms with Crippen molar-refractivity contribution < 1.29 is 0 Å². The first-order chi connectivity index (χ1) is 7.22. The Labute approximate surface area is 92.1 Å². The molecular formula is C13H20N2. The summed E-state index contributed by atoms with van der Waals surface area (Å²) in [4.78, 5) is 2.51. The molecule has 0 spiro atoms. The summed E-state index contributed by atoms with van der Waals surface area (Å²) in [6, 6.07) is 7.26. The van der Waals surface area contributed by atoms with Gasteiger partial charge >= 0.3 is 0 Å². The van der Waals surface area contributed by atoms with Crippen molar-refractivity contribution in [3.63, 3.8) is 0 Å². The molecule has 1 heterocycles. The Kier molecular flexibility index (Phi) is 2.96. The lowest BCUT2D eigenvalue weighted by atomic mass is 10.1.